The van der Waals surface area contributed by atoms with Crippen molar-refractivity contribution in [2.45, 2.75) is 0 Å². The van der Waals surface area contributed by atoms with Gasteiger partial charge in [0.2, 0.25) is 0 Å². The minimum atomic E-state index is 0.711. The molecule has 0 aliphatic heterocycles. The van der Waals surface area contributed by atoms with Crippen LogP contribution in [0.15, 0.2) is 206 Å². The molecule has 14 rings (SSSR count). The summed E-state index contributed by atoms with van der Waals surface area (Å²) in [5.74, 6) is 0.711. The van der Waals surface area contributed by atoms with Gasteiger partial charge in [-0.1, -0.05) is 152 Å². The van der Waals surface area contributed by atoms with Gasteiger partial charge in [-0.25, -0.2) is 9.97 Å². The van der Waals surface area contributed by atoms with Crippen LogP contribution >= 0.6 is 11.3 Å². The van der Waals surface area contributed by atoms with E-state index in [4.69, 9.17) is 9.97 Å². The van der Waals surface area contributed by atoms with E-state index >= 15 is 0 Å². The molecular weight excluding hydrogens is 785 g/mol. The molecule has 0 saturated carbocycles. The van der Waals surface area contributed by atoms with E-state index < -0.39 is 0 Å². The van der Waals surface area contributed by atoms with Gasteiger partial charge in [0, 0.05) is 75.0 Å². The standard InChI is InChI=1S/C58H34N4S/c1-2-15-37(16-3-1)61-51-23-11-7-18-41(51)43-28-27-36(32-53(43)61)55-47-21-6-10-22-50(47)59-58(60-55)49-34-38(33-48-44-20-9-13-25-54(44)63-57(48)49)62-52-24-12-8-19-42(52)46-31-30-40-39-17-5-4-14-35(39)26-29-45(40)56(46)62/h1-34H. The fourth-order valence-electron chi connectivity index (χ4n) is 10.3. The molecule has 10 aromatic carbocycles. The Kier molecular flexibility index (Phi) is 7.24. The van der Waals surface area contributed by atoms with Crippen molar-refractivity contribution in [3.05, 3.63) is 206 Å². The number of para-hydroxylation sites is 4. The Morgan fingerprint density at radius 1 is 0.365 bits per heavy atom. The van der Waals surface area contributed by atoms with Gasteiger partial charge >= 0.3 is 0 Å². The molecule has 0 unspecified atom stereocenters. The maximum Gasteiger partial charge on any atom is 0.161 e. The van der Waals surface area contributed by atoms with E-state index in [0.717, 1.165) is 44.6 Å². The molecule has 292 valence electrons. The molecule has 14 aromatic rings. The predicted octanol–water partition coefficient (Wildman–Crippen LogP) is 15.8. The van der Waals surface area contributed by atoms with Crippen molar-refractivity contribution in [1.29, 1.82) is 0 Å². The highest BCUT2D eigenvalue weighted by molar-refractivity contribution is 7.26. The molecular formula is C58H34N4S. The molecule has 0 N–H and O–H groups in total. The average molecular weight is 819 g/mol. The summed E-state index contributed by atoms with van der Waals surface area (Å²) in [5.41, 5.74) is 10.8. The molecule has 0 atom stereocenters. The minimum absolute atomic E-state index is 0.711. The predicted molar refractivity (Wildman–Crippen MR) is 267 cm³/mol. The molecule has 0 aliphatic carbocycles. The van der Waals surface area contributed by atoms with Crippen molar-refractivity contribution in [3.63, 3.8) is 0 Å². The molecule has 0 bridgehead atoms. The third-order valence-electron chi connectivity index (χ3n) is 13.1. The van der Waals surface area contributed by atoms with Gasteiger partial charge in [-0.3, -0.25) is 0 Å². The van der Waals surface area contributed by atoms with Crippen molar-refractivity contribution in [1.82, 2.24) is 19.1 Å². The summed E-state index contributed by atoms with van der Waals surface area (Å²) in [5, 5.41) is 13.3. The summed E-state index contributed by atoms with van der Waals surface area (Å²) in [6, 6.07) is 74.8. The Morgan fingerprint density at radius 2 is 0.984 bits per heavy atom. The zero-order chi connectivity index (χ0) is 41.2. The summed E-state index contributed by atoms with van der Waals surface area (Å²) in [7, 11) is 0. The van der Waals surface area contributed by atoms with Gasteiger partial charge in [0.25, 0.3) is 0 Å². The fraction of sp³-hybridized carbons (Fsp3) is 0. The van der Waals surface area contributed by atoms with Gasteiger partial charge in [-0.05, 0) is 70.8 Å². The minimum Gasteiger partial charge on any atom is -0.309 e. The zero-order valence-corrected chi connectivity index (χ0v) is 34.6. The van der Waals surface area contributed by atoms with Gasteiger partial charge in [-0.15, -0.1) is 11.3 Å². The Morgan fingerprint density at radius 3 is 1.84 bits per heavy atom. The Balaban J connectivity index is 1.07. The Bertz CT molecular complexity index is 4210. The summed E-state index contributed by atoms with van der Waals surface area (Å²) in [6.45, 7) is 0. The molecule has 4 aromatic heterocycles. The number of thiophene rings is 1. The van der Waals surface area contributed by atoms with Crippen LogP contribution in [-0.2, 0) is 0 Å². The lowest BCUT2D eigenvalue weighted by Gasteiger charge is -2.15. The number of aromatic nitrogens is 4. The van der Waals surface area contributed by atoms with Crippen LogP contribution in [0.3, 0.4) is 0 Å². The van der Waals surface area contributed by atoms with Crippen LogP contribution < -0.4 is 0 Å². The Hall–Kier alpha value is -8.12. The van der Waals surface area contributed by atoms with E-state index in [0.29, 0.717) is 5.82 Å². The first kappa shape index (κ1) is 34.6. The Labute approximate surface area is 365 Å². The van der Waals surface area contributed by atoms with Gasteiger partial charge in [0.05, 0.1) is 33.3 Å². The summed E-state index contributed by atoms with van der Waals surface area (Å²) < 4.78 is 7.28. The summed E-state index contributed by atoms with van der Waals surface area (Å²) in [4.78, 5) is 11.1. The number of benzene rings is 10. The zero-order valence-electron chi connectivity index (χ0n) is 33.8. The molecule has 0 aliphatic rings. The second-order valence-electron chi connectivity index (χ2n) is 16.5. The molecule has 0 spiro atoms. The lowest BCUT2D eigenvalue weighted by molar-refractivity contribution is 1.18. The molecule has 0 amide bonds. The SMILES string of the molecule is c1ccc(-n2c3ccccc3c3ccc(-c4nc(-c5cc(-n6c7ccccc7c7ccc8c9ccccc9ccc8c76)cc6c5sc5ccccc56)nc5ccccc45)cc32)cc1. The lowest BCUT2D eigenvalue weighted by atomic mass is 9.99. The molecule has 0 saturated heterocycles. The second kappa shape index (κ2) is 13.2. The van der Waals surface area contributed by atoms with Gasteiger partial charge in [0.1, 0.15) is 0 Å². The first-order valence-electron chi connectivity index (χ1n) is 21.4. The van der Waals surface area contributed by atoms with Crippen molar-refractivity contribution >= 4 is 108 Å². The molecule has 0 radical (unpaired) electrons. The summed E-state index contributed by atoms with van der Waals surface area (Å²) >= 11 is 1.82. The molecule has 63 heavy (non-hydrogen) atoms. The average Bonchev–Trinajstić information content (AvgIpc) is 4.01. The van der Waals surface area contributed by atoms with Crippen molar-refractivity contribution in [2.75, 3.05) is 0 Å². The highest BCUT2D eigenvalue weighted by atomic mass is 32.1. The third kappa shape index (κ3) is 5.03. The quantitative estimate of drug-likeness (QED) is 0.166. The van der Waals surface area contributed by atoms with E-state index in [9.17, 15) is 0 Å². The van der Waals surface area contributed by atoms with Crippen molar-refractivity contribution < 1.29 is 0 Å². The number of nitrogens with zero attached hydrogens (tertiary/aromatic N) is 4. The maximum absolute atomic E-state index is 5.63. The van der Waals surface area contributed by atoms with Crippen LogP contribution in [0.2, 0.25) is 0 Å². The number of fused-ring (bicyclic) bond motifs is 14. The van der Waals surface area contributed by atoms with Gasteiger partial charge < -0.3 is 9.13 Å². The molecule has 4 nitrogen and oxygen atoms in total. The van der Waals surface area contributed by atoms with E-state index in [2.05, 4.69) is 215 Å². The van der Waals surface area contributed by atoms with Crippen molar-refractivity contribution in [2.24, 2.45) is 0 Å². The third-order valence-corrected chi connectivity index (χ3v) is 14.3. The highest BCUT2D eigenvalue weighted by Gasteiger charge is 2.22. The van der Waals surface area contributed by atoms with Crippen LogP contribution in [0.25, 0.3) is 130 Å². The van der Waals surface area contributed by atoms with E-state index in [-0.39, 0.29) is 0 Å². The largest absolute Gasteiger partial charge is 0.309 e. The highest BCUT2D eigenvalue weighted by Crippen LogP contribution is 2.45. The number of rotatable bonds is 4. The van der Waals surface area contributed by atoms with E-state index in [1.54, 1.807) is 0 Å². The van der Waals surface area contributed by atoms with Crippen LogP contribution in [0.1, 0.15) is 0 Å². The monoisotopic (exact) mass is 818 g/mol. The van der Waals surface area contributed by atoms with E-state index in [1.165, 1.54) is 79.8 Å². The van der Waals surface area contributed by atoms with Gasteiger partial charge in [0.15, 0.2) is 5.82 Å². The fourth-order valence-corrected chi connectivity index (χ4v) is 11.5. The van der Waals surface area contributed by atoms with E-state index in [1.807, 2.05) is 11.3 Å². The first-order valence-corrected chi connectivity index (χ1v) is 22.2. The maximum atomic E-state index is 5.63. The number of hydrogen-bond donors (Lipinski definition) is 0. The van der Waals surface area contributed by atoms with Crippen LogP contribution in [0, 0.1) is 0 Å². The van der Waals surface area contributed by atoms with Crippen molar-refractivity contribution in [3.8, 4) is 34.0 Å². The normalized spacial score (nSPS) is 12.1. The molecule has 0 fully saturated rings. The van der Waals surface area contributed by atoms with Crippen LogP contribution in [-0.4, -0.2) is 19.1 Å². The second-order valence-corrected chi connectivity index (χ2v) is 17.5. The smallest absolute Gasteiger partial charge is 0.161 e. The first-order chi connectivity index (χ1) is 31.2. The molecule has 5 heteroatoms. The number of hydrogen-bond acceptors (Lipinski definition) is 3. The lowest BCUT2D eigenvalue weighted by Crippen LogP contribution is -1.99. The topological polar surface area (TPSA) is 35.6 Å². The van der Waals surface area contributed by atoms with Gasteiger partial charge in [-0.2, -0.15) is 0 Å². The summed E-state index contributed by atoms with van der Waals surface area (Å²) in [6.07, 6.45) is 0. The van der Waals surface area contributed by atoms with Crippen LogP contribution in [0.4, 0.5) is 0 Å². The molecule has 4 heterocycles. The van der Waals surface area contributed by atoms with Crippen LogP contribution in [0.5, 0.6) is 0 Å².